The molecule has 0 bridgehead atoms. The van der Waals surface area contributed by atoms with Crippen molar-refractivity contribution in [3.8, 4) is 0 Å². The van der Waals surface area contributed by atoms with Crippen LogP contribution < -0.4 is 10.5 Å². The van der Waals surface area contributed by atoms with Crippen LogP contribution in [0.2, 0.25) is 0 Å². The van der Waals surface area contributed by atoms with E-state index < -0.39 is 0 Å². The fraction of sp³-hybridized carbons (Fsp3) is 0.214. The molecule has 0 aliphatic carbocycles. The van der Waals surface area contributed by atoms with Gasteiger partial charge in [0.1, 0.15) is 4.47 Å². The number of fused-ring (bicyclic) bond motifs is 1. The molecule has 0 spiro atoms. The second kappa shape index (κ2) is 4.61. The first-order valence-corrected chi connectivity index (χ1v) is 6.74. The van der Waals surface area contributed by atoms with Gasteiger partial charge in [-0.15, -0.1) is 0 Å². The Labute approximate surface area is 114 Å². The summed E-state index contributed by atoms with van der Waals surface area (Å²) in [5.41, 5.74) is 3.45. The lowest BCUT2D eigenvalue weighted by atomic mass is 10.2. The number of halogens is 1. The zero-order chi connectivity index (χ0) is 12.5. The highest BCUT2D eigenvalue weighted by Gasteiger charge is 2.23. The molecule has 3 rings (SSSR count). The van der Waals surface area contributed by atoms with Crippen LogP contribution in [0.3, 0.4) is 0 Å². The summed E-state index contributed by atoms with van der Waals surface area (Å²) in [5, 5.41) is 0. The Morgan fingerprint density at radius 1 is 1.28 bits per heavy atom. The number of nitrogens with zero attached hydrogens (tertiary/aromatic N) is 1. The van der Waals surface area contributed by atoms with Crippen molar-refractivity contribution in [2.24, 2.45) is 0 Å². The van der Waals surface area contributed by atoms with E-state index in [0.29, 0.717) is 4.47 Å². The second-order valence-electron chi connectivity index (χ2n) is 4.46. The van der Waals surface area contributed by atoms with Gasteiger partial charge in [0.05, 0.1) is 5.69 Å². The third-order valence-corrected chi connectivity index (χ3v) is 4.01. The fourth-order valence-electron chi connectivity index (χ4n) is 2.39. The maximum atomic E-state index is 11.6. The molecule has 1 aliphatic heterocycles. The summed E-state index contributed by atoms with van der Waals surface area (Å²) in [6, 6.07) is 10.3. The zero-order valence-electron chi connectivity index (χ0n) is 9.82. The Morgan fingerprint density at radius 2 is 2.06 bits per heavy atom. The van der Waals surface area contributed by atoms with E-state index in [4.69, 9.17) is 0 Å². The summed E-state index contributed by atoms with van der Waals surface area (Å²) in [5.74, 6) is 0. The van der Waals surface area contributed by atoms with Crippen molar-refractivity contribution in [3.63, 3.8) is 0 Å². The second-order valence-corrected chi connectivity index (χ2v) is 5.26. The molecule has 0 unspecified atom stereocenters. The van der Waals surface area contributed by atoms with Crippen LogP contribution in [0.15, 0.2) is 45.8 Å². The lowest BCUT2D eigenvalue weighted by molar-refractivity contribution is 0.834. The standard InChI is InChI=1S/C14H13BrN2O/c15-12-13-11(8-16-14(12)18)6-7-17(13)9-10-4-2-1-3-5-10/h1-5,8H,6-7,9H2,(H,16,18). The molecule has 92 valence electrons. The van der Waals surface area contributed by atoms with Gasteiger partial charge in [0.15, 0.2) is 0 Å². The van der Waals surface area contributed by atoms with Crippen molar-refractivity contribution in [1.82, 2.24) is 4.98 Å². The summed E-state index contributed by atoms with van der Waals surface area (Å²) in [6.45, 7) is 1.80. The SMILES string of the molecule is O=c1[nH]cc2c(c1Br)N(Cc1ccccc1)CC2. The van der Waals surface area contributed by atoms with Gasteiger partial charge in [0.2, 0.25) is 0 Å². The molecule has 0 radical (unpaired) electrons. The number of benzene rings is 1. The van der Waals surface area contributed by atoms with E-state index in [-0.39, 0.29) is 5.56 Å². The van der Waals surface area contributed by atoms with Gasteiger partial charge in [-0.1, -0.05) is 30.3 Å². The smallest absolute Gasteiger partial charge is 0.264 e. The molecule has 0 saturated carbocycles. The van der Waals surface area contributed by atoms with Gasteiger partial charge < -0.3 is 9.88 Å². The number of rotatable bonds is 2. The van der Waals surface area contributed by atoms with E-state index in [1.54, 1.807) is 0 Å². The van der Waals surface area contributed by atoms with Crippen molar-refractivity contribution in [1.29, 1.82) is 0 Å². The van der Waals surface area contributed by atoms with Crippen LogP contribution >= 0.6 is 15.9 Å². The molecule has 1 aromatic carbocycles. The molecule has 2 heterocycles. The molecule has 1 aromatic heterocycles. The van der Waals surface area contributed by atoms with E-state index in [1.165, 1.54) is 11.1 Å². The molecule has 1 N–H and O–H groups in total. The Balaban J connectivity index is 1.95. The van der Waals surface area contributed by atoms with Crippen molar-refractivity contribution in [2.75, 3.05) is 11.4 Å². The number of pyridine rings is 1. The molecule has 4 heteroatoms. The van der Waals surface area contributed by atoms with E-state index in [0.717, 1.165) is 25.2 Å². The van der Waals surface area contributed by atoms with Gasteiger partial charge in [-0.25, -0.2) is 0 Å². The molecule has 3 nitrogen and oxygen atoms in total. The molecule has 1 aliphatic rings. The molecule has 0 atom stereocenters. The Bertz CT molecular complexity index is 621. The maximum Gasteiger partial charge on any atom is 0.264 e. The number of aromatic amines is 1. The van der Waals surface area contributed by atoms with E-state index >= 15 is 0 Å². The average Bonchev–Trinajstić information content (AvgIpc) is 2.79. The van der Waals surface area contributed by atoms with E-state index in [2.05, 4.69) is 37.9 Å². The molecule has 0 amide bonds. The highest BCUT2D eigenvalue weighted by molar-refractivity contribution is 9.10. The number of hydrogen-bond donors (Lipinski definition) is 1. The van der Waals surface area contributed by atoms with Gasteiger partial charge >= 0.3 is 0 Å². The monoisotopic (exact) mass is 304 g/mol. The number of anilines is 1. The minimum atomic E-state index is -0.0614. The van der Waals surface area contributed by atoms with Crippen LogP contribution in [-0.4, -0.2) is 11.5 Å². The maximum absolute atomic E-state index is 11.6. The quantitative estimate of drug-likeness (QED) is 0.926. The number of aromatic nitrogens is 1. The van der Waals surface area contributed by atoms with E-state index in [9.17, 15) is 4.79 Å². The molecular weight excluding hydrogens is 292 g/mol. The van der Waals surface area contributed by atoms with Gasteiger partial charge in [-0.3, -0.25) is 4.79 Å². The summed E-state index contributed by atoms with van der Waals surface area (Å²) in [7, 11) is 0. The molecule has 2 aromatic rings. The Morgan fingerprint density at radius 3 is 2.83 bits per heavy atom. The molecule has 0 fully saturated rings. The first kappa shape index (κ1) is 11.5. The number of nitrogens with one attached hydrogen (secondary N) is 1. The van der Waals surface area contributed by atoms with Crippen molar-refractivity contribution in [3.05, 3.63) is 62.5 Å². The Hall–Kier alpha value is -1.55. The largest absolute Gasteiger partial charge is 0.366 e. The summed E-state index contributed by atoms with van der Waals surface area (Å²) >= 11 is 3.40. The summed E-state index contributed by atoms with van der Waals surface area (Å²) in [6.07, 6.45) is 2.81. The van der Waals surface area contributed by atoms with Crippen LogP contribution in [0.5, 0.6) is 0 Å². The normalized spacial score (nSPS) is 13.7. The summed E-state index contributed by atoms with van der Waals surface area (Å²) in [4.78, 5) is 16.7. The average molecular weight is 305 g/mol. The lowest BCUT2D eigenvalue weighted by Crippen LogP contribution is -2.21. The topological polar surface area (TPSA) is 36.1 Å². The van der Waals surface area contributed by atoms with Crippen LogP contribution in [0, 0.1) is 0 Å². The third kappa shape index (κ3) is 1.97. The van der Waals surface area contributed by atoms with Gasteiger partial charge in [-0.2, -0.15) is 0 Å². The minimum absolute atomic E-state index is 0.0614. The van der Waals surface area contributed by atoms with Crippen molar-refractivity contribution < 1.29 is 0 Å². The fourth-order valence-corrected chi connectivity index (χ4v) is 3.01. The summed E-state index contributed by atoms with van der Waals surface area (Å²) < 4.78 is 0.647. The third-order valence-electron chi connectivity index (χ3n) is 3.27. The van der Waals surface area contributed by atoms with Gasteiger partial charge in [0.25, 0.3) is 5.56 Å². The first-order chi connectivity index (χ1) is 8.75. The van der Waals surface area contributed by atoms with Crippen LogP contribution in [-0.2, 0) is 13.0 Å². The molecular formula is C14H13BrN2O. The van der Waals surface area contributed by atoms with Gasteiger partial charge in [-0.05, 0) is 33.5 Å². The van der Waals surface area contributed by atoms with E-state index in [1.807, 2.05) is 24.4 Å². The number of hydrogen-bond acceptors (Lipinski definition) is 2. The molecule has 18 heavy (non-hydrogen) atoms. The highest BCUT2D eigenvalue weighted by atomic mass is 79.9. The molecule has 0 saturated heterocycles. The van der Waals surface area contributed by atoms with Crippen LogP contribution in [0.4, 0.5) is 5.69 Å². The first-order valence-electron chi connectivity index (χ1n) is 5.94. The lowest BCUT2D eigenvalue weighted by Gasteiger charge is -2.20. The van der Waals surface area contributed by atoms with Crippen molar-refractivity contribution in [2.45, 2.75) is 13.0 Å². The number of H-pyrrole nitrogens is 1. The zero-order valence-corrected chi connectivity index (χ0v) is 11.4. The predicted molar refractivity (Wildman–Crippen MR) is 76.0 cm³/mol. The van der Waals surface area contributed by atoms with Crippen LogP contribution in [0.25, 0.3) is 0 Å². The highest BCUT2D eigenvalue weighted by Crippen LogP contribution is 2.33. The van der Waals surface area contributed by atoms with Crippen molar-refractivity contribution >= 4 is 21.6 Å². The predicted octanol–water partition coefficient (Wildman–Crippen LogP) is 2.70. The van der Waals surface area contributed by atoms with Gasteiger partial charge in [0, 0.05) is 19.3 Å². The minimum Gasteiger partial charge on any atom is -0.366 e. The Kier molecular flexibility index (Phi) is 2.96. The van der Waals surface area contributed by atoms with Crippen LogP contribution in [0.1, 0.15) is 11.1 Å².